The van der Waals surface area contributed by atoms with E-state index in [1.807, 2.05) is 97.2 Å². The van der Waals surface area contributed by atoms with E-state index in [0.29, 0.717) is 0 Å². The van der Waals surface area contributed by atoms with Crippen molar-refractivity contribution in [2.45, 2.75) is 0 Å². The lowest BCUT2D eigenvalue weighted by molar-refractivity contribution is 1.23. The molecule has 3 nitrogen and oxygen atoms in total. The van der Waals surface area contributed by atoms with E-state index in [2.05, 4.69) is 33.4 Å². The quantitative estimate of drug-likeness (QED) is 0.260. The Balaban J connectivity index is 1.56. The summed E-state index contributed by atoms with van der Waals surface area (Å²) >= 11 is 0. The van der Waals surface area contributed by atoms with Crippen LogP contribution >= 0.6 is 0 Å². The summed E-state index contributed by atoms with van der Waals surface area (Å²) in [5.74, 6) is 0. The minimum atomic E-state index is 0.819. The minimum absolute atomic E-state index is 0.819. The van der Waals surface area contributed by atoms with Gasteiger partial charge in [0.2, 0.25) is 0 Å². The van der Waals surface area contributed by atoms with Crippen LogP contribution in [0.1, 0.15) is 5.56 Å². The lowest BCUT2D eigenvalue weighted by Gasteiger charge is -2.04. The van der Waals surface area contributed by atoms with Crippen LogP contribution in [0.15, 0.2) is 124 Å². The summed E-state index contributed by atoms with van der Waals surface area (Å²) in [7, 11) is 0. The predicted molar refractivity (Wildman–Crippen MR) is 116 cm³/mol. The molecule has 0 unspecified atom stereocenters. The first kappa shape index (κ1) is 17.6. The van der Waals surface area contributed by atoms with Gasteiger partial charge in [0, 0.05) is 6.21 Å². The molecule has 0 aromatic heterocycles. The third-order valence-electron chi connectivity index (χ3n) is 4.23. The van der Waals surface area contributed by atoms with Crippen LogP contribution in [0.25, 0.3) is 11.1 Å². The van der Waals surface area contributed by atoms with E-state index in [4.69, 9.17) is 0 Å². The first-order chi connectivity index (χ1) is 13.9. The van der Waals surface area contributed by atoms with E-state index in [1.54, 1.807) is 0 Å². The van der Waals surface area contributed by atoms with Gasteiger partial charge in [-0.1, -0.05) is 72.8 Å². The number of hydrogen-bond acceptors (Lipinski definition) is 3. The summed E-state index contributed by atoms with van der Waals surface area (Å²) in [5.41, 5.74) is 5.83. The van der Waals surface area contributed by atoms with E-state index in [0.717, 1.165) is 33.8 Å². The molecule has 3 heteroatoms. The highest BCUT2D eigenvalue weighted by molar-refractivity contribution is 5.82. The highest BCUT2D eigenvalue weighted by atomic mass is 15.1. The minimum Gasteiger partial charge on any atom is -0.256 e. The molecule has 134 valence electrons. The second-order valence-electron chi connectivity index (χ2n) is 6.31. The number of azo groups is 1. The molecule has 0 aliphatic rings. The fourth-order valence-corrected chi connectivity index (χ4v) is 2.81. The Labute approximate surface area is 164 Å². The van der Waals surface area contributed by atoms with Crippen molar-refractivity contribution >= 4 is 23.3 Å². The molecule has 0 fully saturated rings. The molecule has 0 aliphatic carbocycles. The van der Waals surface area contributed by atoms with Crippen LogP contribution < -0.4 is 0 Å². The molecular formula is C25H19N3. The molecule has 4 rings (SSSR count). The van der Waals surface area contributed by atoms with Gasteiger partial charge in [-0.25, -0.2) is 0 Å². The fourth-order valence-electron chi connectivity index (χ4n) is 2.81. The molecule has 0 N–H and O–H groups in total. The molecule has 0 saturated carbocycles. The number of benzene rings is 4. The zero-order valence-corrected chi connectivity index (χ0v) is 15.3. The van der Waals surface area contributed by atoms with Crippen molar-refractivity contribution in [1.82, 2.24) is 0 Å². The van der Waals surface area contributed by atoms with Gasteiger partial charge in [0.15, 0.2) is 0 Å². The van der Waals surface area contributed by atoms with Gasteiger partial charge in [-0.3, -0.25) is 4.99 Å². The summed E-state index contributed by atoms with van der Waals surface area (Å²) in [4.78, 5) is 4.59. The smallest absolute Gasteiger partial charge is 0.0863 e. The topological polar surface area (TPSA) is 37.1 Å². The standard InChI is InChI=1S/C25H19N3/c1-3-9-20(10-4-1)19-26-24-15-7-11-21(17-24)22-12-8-16-25(18-22)28-27-23-13-5-2-6-14-23/h1-19H. The second kappa shape index (κ2) is 8.69. The molecule has 4 aromatic carbocycles. The first-order valence-corrected chi connectivity index (χ1v) is 9.13. The largest absolute Gasteiger partial charge is 0.256 e. The molecule has 4 aromatic rings. The Hall–Kier alpha value is -3.85. The predicted octanol–water partition coefficient (Wildman–Crippen LogP) is 7.52. The van der Waals surface area contributed by atoms with Crippen LogP contribution in [0.2, 0.25) is 0 Å². The molecule has 0 amide bonds. The van der Waals surface area contributed by atoms with Crippen LogP contribution in [0.4, 0.5) is 17.1 Å². The highest BCUT2D eigenvalue weighted by Crippen LogP contribution is 2.28. The van der Waals surface area contributed by atoms with Crippen LogP contribution in [0.5, 0.6) is 0 Å². The zero-order chi connectivity index (χ0) is 19.0. The Morgan fingerprint density at radius 2 is 1.00 bits per heavy atom. The van der Waals surface area contributed by atoms with E-state index in [-0.39, 0.29) is 0 Å². The Morgan fingerprint density at radius 3 is 1.71 bits per heavy atom. The van der Waals surface area contributed by atoms with Gasteiger partial charge in [0.1, 0.15) is 0 Å². The van der Waals surface area contributed by atoms with Crippen molar-refractivity contribution < 1.29 is 0 Å². The molecule has 0 bridgehead atoms. The monoisotopic (exact) mass is 361 g/mol. The van der Waals surface area contributed by atoms with Gasteiger partial charge >= 0.3 is 0 Å². The van der Waals surface area contributed by atoms with Crippen molar-refractivity contribution in [1.29, 1.82) is 0 Å². The van der Waals surface area contributed by atoms with Gasteiger partial charge < -0.3 is 0 Å². The average molecular weight is 361 g/mol. The van der Waals surface area contributed by atoms with Crippen LogP contribution in [-0.4, -0.2) is 6.21 Å². The van der Waals surface area contributed by atoms with Crippen molar-refractivity contribution in [2.24, 2.45) is 15.2 Å². The molecule has 0 saturated heterocycles. The van der Waals surface area contributed by atoms with Gasteiger partial charge in [-0.05, 0) is 53.1 Å². The SMILES string of the molecule is C(=Nc1cccc(-c2cccc(N=Nc3ccccc3)c2)c1)c1ccccc1. The van der Waals surface area contributed by atoms with Crippen LogP contribution in [0, 0.1) is 0 Å². The molecule has 0 heterocycles. The van der Waals surface area contributed by atoms with E-state index >= 15 is 0 Å². The molecule has 0 radical (unpaired) electrons. The van der Waals surface area contributed by atoms with E-state index in [1.165, 1.54) is 0 Å². The van der Waals surface area contributed by atoms with Crippen LogP contribution in [0.3, 0.4) is 0 Å². The highest BCUT2D eigenvalue weighted by Gasteiger charge is 2.01. The summed E-state index contributed by atoms with van der Waals surface area (Å²) in [5, 5.41) is 8.65. The fraction of sp³-hybridized carbons (Fsp3) is 0. The number of rotatable bonds is 5. The Bertz CT molecular complexity index is 1010. The van der Waals surface area contributed by atoms with Crippen molar-refractivity contribution in [3.05, 3.63) is 115 Å². The molecule has 0 spiro atoms. The average Bonchev–Trinajstić information content (AvgIpc) is 2.78. The van der Waals surface area contributed by atoms with Crippen molar-refractivity contribution in [2.75, 3.05) is 0 Å². The summed E-state index contributed by atoms with van der Waals surface area (Å²) < 4.78 is 0. The summed E-state index contributed by atoms with van der Waals surface area (Å²) in [6, 6.07) is 36.0. The first-order valence-electron chi connectivity index (χ1n) is 9.13. The Kier molecular flexibility index (Phi) is 5.45. The molecule has 28 heavy (non-hydrogen) atoms. The molecule has 0 atom stereocenters. The number of hydrogen-bond donors (Lipinski definition) is 0. The zero-order valence-electron chi connectivity index (χ0n) is 15.3. The van der Waals surface area contributed by atoms with E-state index in [9.17, 15) is 0 Å². The van der Waals surface area contributed by atoms with Gasteiger partial charge in [-0.15, -0.1) is 0 Å². The second-order valence-corrected chi connectivity index (χ2v) is 6.31. The van der Waals surface area contributed by atoms with Crippen molar-refractivity contribution in [3.8, 4) is 11.1 Å². The maximum atomic E-state index is 4.59. The van der Waals surface area contributed by atoms with Crippen LogP contribution in [-0.2, 0) is 0 Å². The lowest BCUT2D eigenvalue weighted by Crippen LogP contribution is -1.80. The summed E-state index contributed by atoms with van der Waals surface area (Å²) in [6.45, 7) is 0. The van der Waals surface area contributed by atoms with E-state index < -0.39 is 0 Å². The maximum absolute atomic E-state index is 4.59. The van der Waals surface area contributed by atoms with Gasteiger partial charge in [-0.2, -0.15) is 10.2 Å². The number of aliphatic imine (C=N–C) groups is 1. The summed E-state index contributed by atoms with van der Waals surface area (Å²) in [6.07, 6.45) is 1.88. The van der Waals surface area contributed by atoms with Crippen molar-refractivity contribution in [3.63, 3.8) is 0 Å². The molecular weight excluding hydrogens is 342 g/mol. The lowest BCUT2D eigenvalue weighted by atomic mass is 10.0. The van der Waals surface area contributed by atoms with Gasteiger partial charge in [0.05, 0.1) is 17.1 Å². The van der Waals surface area contributed by atoms with Gasteiger partial charge in [0.25, 0.3) is 0 Å². The normalized spacial score (nSPS) is 11.3. The third-order valence-corrected chi connectivity index (χ3v) is 4.23. The maximum Gasteiger partial charge on any atom is 0.0863 e. The number of nitrogens with zero attached hydrogens (tertiary/aromatic N) is 3. The third kappa shape index (κ3) is 4.65. The Morgan fingerprint density at radius 1 is 0.464 bits per heavy atom. The molecule has 0 aliphatic heterocycles.